The van der Waals surface area contributed by atoms with Crippen molar-refractivity contribution in [2.45, 2.75) is 6.92 Å². The number of piperazine rings is 1. The standard InChI is InChI=1S/C24H26ClN5O2/c1-15-13-17-20(14-18(15)25)27-24(31)21(17)23-22(16-5-3-4-6-19(16)26-23)28-32-12-11-30-9-7-29(2)8-10-30/h3-6,13-14,27,31H,7-12H2,1-2H3/b28-22+. The van der Waals surface area contributed by atoms with E-state index in [2.05, 4.69) is 27.0 Å². The number of aliphatic imine (C=N–C) groups is 1. The lowest BCUT2D eigenvalue weighted by atomic mass is 10.0. The number of aromatic hydroxyl groups is 1. The summed E-state index contributed by atoms with van der Waals surface area (Å²) in [4.78, 5) is 18.3. The number of H-pyrrole nitrogens is 1. The fourth-order valence-corrected chi connectivity index (χ4v) is 4.40. The van der Waals surface area contributed by atoms with Crippen LogP contribution in [0.4, 0.5) is 5.69 Å². The Morgan fingerprint density at radius 3 is 2.78 bits per heavy atom. The van der Waals surface area contributed by atoms with Gasteiger partial charge in [0.15, 0.2) is 5.88 Å². The Morgan fingerprint density at radius 2 is 1.97 bits per heavy atom. The van der Waals surface area contributed by atoms with Gasteiger partial charge in [-0.05, 0) is 37.7 Å². The second-order valence-electron chi connectivity index (χ2n) is 8.39. The maximum atomic E-state index is 10.8. The Labute approximate surface area is 191 Å². The molecule has 3 aromatic rings. The van der Waals surface area contributed by atoms with E-state index in [9.17, 15) is 5.11 Å². The van der Waals surface area contributed by atoms with Gasteiger partial charge in [-0.2, -0.15) is 0 Å². The lowest BCUT2D eigenvalue weighted by molar-refractivity contribution is 0.0864. The zero-order chi connectivity index (χ0) is 22.2. The molecule has 0 bridgehead atoms. The van der Waals surface area contributed by atoms with Crippen molar-refractivity contribution in [1.82, 2.24) is 14.8 Å². The van der Waals surface area contributed by atoms with Gasteiger partial charge in [-0.25, -0.2) is 4.99 Å². The van der Waals surface area contributed by atoms with Gasteiger partial charge in [-0.3, -0.25) is 4.90 Å². The van der Waals surface area contributed by atoms with E-state index in [4.69, 9.17) is 21.4 Å². The zero-order valence-corrected chi connectivity index (χ0v) is 19.0. The lowest BCUT2D eigenvalue weighted by Gasteiger charge is -2.31. The van der Waals surface area contributed by atoms with Crippen LogP contribution in [0.15, 0.2) is 46.5 Å². The molecule has 1 aromatic heterocycles. The van der Waals surface area contributed by atoms with Crippen molar-refractivity contribution in [3.8, 4) is 5.88 Å². The molecular formula is C24H26ClN5O2. The molecule has 1 saturated heterocycles. The van der Waals surface area contributed by atoms with Crippen LogP contribution in [0.5, 0.6) is 5.88 Å². The number of aromatic amines is 1. The van der Waals surface area contributed by atoms with Crippen LogP contribution in [0.1, 0.15) is 16.7 Å². The first-order chi connectivity index (χ1) is 15.5. The van der Waals surface area contributed by atoms with E-state index in [1.165, 1.54) is 0 Å². The second-order valence-corrected chi connectivity index (χ2v) is 8.80. The molecule has 7 nitrogen and oxygen atoms in total. The van der Waals surface area contributed by atoms with Crippen LogP contribution in [0.25, 0.3) is 10.9 Å². The highest BCUT2D eigenvalue weighted by molar-refractivity contribution is 6.58. The number of oxime groups is 1. The molecule has 166 valence electrons. The average molecular weight is 452 g/mol. The van der Waals surface area contributed by atoms with Crippen molar-refractivity contribution in [3.05, 3.63) is 58.1 Å². The van der Waals surface area contributed by atoms with Crippen molar-refractivity contribution in [1.29, 1.82) is 0 Å². The van der Waals surface area contributed by atoms with E-state index < -0.39 is 0 Å². The summed E-state index contributed by atoms with van der Waals surface area (Å²) >= 11 is 6.28. The largest absolute Gasteiger partial charge is 0.494 e. The second kappa shape index (κ2) is 8.58. The number of likely N-dealkylation sites (N-methyl/N-ethyl adjacent to an activating group) is 1. The van der Waals surface area contributed by atoms with E-state index in [0.717, 1.165) is 60.4 Å². The normalized spacial score (nSPS) is 18.3. The summed E-state index contributed by atoms with van der Waals surface area (Å²) in [5.41, 5.74) is 5.21. The highest BCUT2D eigenvalue weighted by Gasteiger charge is 2.29. The first kappa shape index (κ1) is 21.0. The van der Waals surface area contributed by atoms with Gasteiger partial charge in [0.2, 0.25) is 0 Å². The third-order valence-corrected chi connectivity index (χ3v) is 6.57. The molecule has 0 spiro atoms. The number of rotatable bonds is 5. The highest BCUT2D eigenvalue weighted by atomic mass is 35.5. The number of hydrogen-bond donors (Lipinski definition) is 2. The minimum Gasteiger partial charge on any atom is -0.494 e. The summed E-state index contributed by atoms with van der Waals surface area (Å²) in [5.74, 6) is 0.0401. The molecule has 0 aliphatic carbocycles. The van der Waals surface area contributed by atoms with Crippen molar-refractivity contribution in [3.63, 3.8) is 0 Å². The number of aromatic nitrogens is 1. The van der Waals surface area contributed by atoms with Gasteiger partial charge in [-0.1, -0.05) is 35.0 Å². The molecule has 8 heteroatoms. The van der Waals surface area contributed by atoms with E-state index in [1.807, 2.05) is 43.3 Å². The monoisotopic (exact) mass is 451 g/mol. The van der Waals surface area contributed by atoms with Crippen molar-refractivity contribution in [2.75, 3.05) is 46.4 Å². The Kier molecular flexibility index (Phi) is 5.63. The van der Waals surface area contributed by atoms with Crippen molar-refractivity contribution < 1.29 is 9.94 Å². The third-order valence-electron chi connectivity index (χ3n) is 6.16. The summed E-state index contributed by atoms with van der Waals surface area (Å²) in [7, 11) is 2.15. The molecule has 2 N–H and O–H groups in total. The molecule has 0 saturated carbocycles. The van der Waals surface area contributed by atoms with Crippen LogP contribution in [0.3, 0.4) is 0 Å². The van der Waals surface area contributed by atoms with Crippen LogP contribution in [0, 0.1) is 6.92 Å². The number of aryl methyl sites for hydroxylation is 1. The predicted octanol–water partition coefficient (Wildman–Crippen LogP) is 3.94. The zero-order valence-electron chi connectivity index (χ0n) is 18.2. The van der Waals surface area contributed by atoms with Gasteiger partial charge >= 0.3 is 0 Å². The molecule has 0 radical (unpaired) electrons. The Hall–Kier alpha value is -2.87. The maximum Gasteiger partial charge on any atom is 0.199 e. The van der Waals surface area contributed by atoms with Crippen LogP contribution >= 0.6 is 11.6 Å². The minimum atomic E-state index is 0.0401. The predicted molar refractivity (Wildman–Crippen MR) is 129 cm³/mol. The maximum absolute atomic E-state index is 10.8. The first-order valence-corrected chi connectivity index (χ1v) is 11.2. The fraction of sp³-hybridized carbons (Fsp3) is 0.333. The van der Waals surface area contributed by atoms with Gasteiger partial charge in [0, 0.05) is 48.7 Å². The van der Waals surface area contributed by atoms with Gasteiger partial charge < -0.3 is 19.8 Å². The van der Waals surface area contributed by atoms with Crippen LogP contribution in [0.2, 0.25) is 5.02 Å². The summed E-state index contributed by atoms with van der Waals surface area (Å²) in [6, 6.07) is 11.6. The summed E-state index contributed by atoms with van der Waals surface area (Å²) in [5, 5.41) is 16.7. The van der Waals surface area contributed by atoms with Crippen LogP contribution in [-0.4, -0.2) is 77.7 Å². The number of nitrogens with one attached hydrogen (secondary N) is 1. The molecule has 0 atom stereocenters. The Balaban J connectivity index is 1.44. The topological polar surface area (TPSA) is 76.5 Å². The van der Waals surface area contributed by atoms with Crippen molar-refractivity contribution >= 4 is 39.6 Å². The molecule has 3 heterocycles. The SMILES string of the molecule is Cc1cc2c(C3=Nc4ccccc4/C3=N\OCCN3CCN(C)CC3)c(O)[nH]c2cc1Cl. The van der Waals surface area contributed by atoms with E-state index >= 15 is 0 Å². The first-order valence-electron chi connectivity index (χ1n) is 10.8. The van der Waals surface area contributed by atoms with E-state index in [1.54, 1.807) is 0 Å². The van der Waals surface area contributed by atoms with Gasteiger partial charge in [0.05, 0.1) is 16.8 Å². The Morgan fingerprint density at radius 1 is 1.19 bits per heavy atom. The van der Waals surface area contributed by atoms with Crippen LogP contribution in [-0.2, 0) is 4.84 Å². The Bertz CT molecular complexity index is 1220. The minimum absolute atomic E-state index is 0.0401. The quantitative estimate of drug-likeness (QED) is 0.455. The van der Waals surface area contributed by atoms with Gasteiger partial charge in [0.1, 0.15) is 18.0 Å². The molecule has 2 aliphatic heterocycles. The third kappa shape index (κ3) is 3.88. The van der Waals surface area contributed by atoms with E-state index in [-0.39, 0.29) is 5.88 Å². The highest BCUT2D eigenvalue weighted by Crippen LogP contribution is 2.37. The molecule has 0 amide bonds. The average Bonchev–Trinajstić information content (AvgIpc) is 3.29. The molecule has 1 fully saturated rings. The number of benzene rings is 2. The molecule has 32 heavy (non-hydrogen) atoms. The van der Waals surface area contributed by atoms with Gasteiger partial charge in [-0.15, -0.1) is 0 Å². The van der Waals surface area contributed by atoms with Gasteiger partial charge in [0.25, 0.3) is 0 Å². The smallest absolute Gasteiger partial charge is 0.199 e. The van der Waals surface area contributed by atoms with E-state index in [0.29, 0.717) is 28.6 Å². The summed E-state index contributed by atoms with van der Waals surface area (Å²) in [6.07, 6.45) is 0. The number of para-hydroxylation sites is 1. The van der Waals surface area contributed by atoms with Crippen molar-refractivity contribution in [2.24, 2.45) is 10.1 Å². The number of hydrogen-bond acceptors (Lipinski definition) is 6. The molecule has 5 rings (SSSR count). The number of halogens is 1. The molecular weight excluding hydrogens is 426 g/mol. The molecule has 0 unspecified atom stereocenters. The molecule has 2 aromatic carbocycles. The van der Waals surface area contributed by atoms with Crippen LogP contribution < -0.4 is 0 Å². The number of nitrogens with zero attached hydrogens (tertiary/aromatic N) is 4. The summed E-state index contributed by atoms with van der Waals surface area (Å²) < 4.78 is 0. The fourth-order valence-electron chi connectivity index (χ4n) is 4.24. The number of fused-ring (bicyclic) bond motifs is 2. The molecule has 2 aliphatic rings. The summed E-state index contributed by atoms with van der Waals surface area (Å²) in [6.45, 7) is 7.49. The lowest BCUT2D eigenvalue weighted by Crippen LogP contribution is -2.45.